The van der Waals surface area contributed by atoms with Gasteiger partial charge >= 0.3 is 5.97 Å². The first-order valence-corrected chi connectivity index (χ1v) is 11.9. The molecule has 0 N–H and O–H groups in total. The summed E-state index contributed by atoms with van der Waals surface area (Å²) >= 11 is 0. The molecule has 3 rings (SSSR count). The number of hydrogen-bond acceptors (Lipinski definition) is 3. The quantitative estimate of drug-likeness (QED) is 0.309. The third-order valence-electron chi connectivity index (χ3n) is 6.79. The van der Waals surface area contributed by atoms with Crippen LogP contribution in [0, 0.1) is 31.6 Å². The molecule has 2 aromatic rings. The summed E-state index contributed by atoms with van der Waals surface area (Å²) in [6, 6.07) is 16.3. The van der Waals surface area contributed by atoms with Crippen LogP contribution in [0.5, 0.6) is 0 Å². The summed E-state index contributed by atoms with van der Waals surface area (Å²) in [5.74, 6) is 2.12. The third-order valence-corrected chi connectivity index (χ3v) is 6.79. The Hall–Kier alpha value is -2.62. The van der Waals surface area contributed by atoms with Crippen LogP contribution < -0.4 is 4.90 Å². The minimum absolute atomic E-state index is 0.00885. The minimum atomic E-state index is -0.187. The topological polar surface area (TPSA) is 41.9 Å². The molecule has 1 saturated carbocycles. The summed E-state index contributed by atoms with van der Waals surface area (Å²) < 4.78 is 6.15. The monoisotopic (exact) mass is 434 g/mol. The van der Waals surface area contributed by atoms with Crippen LogP contribution in [0.4, 0.5) is 5.69 Å². The van der Waals surface area contributed by atoms with Crippen molar-refractivity contribution in [3.63, 3.8) is 0 Å². The van der Waals surface area contributed by atoms with E-state index in [1.165, 1.54) is 6.42 Å². The van der Waals surface area contributed by atoms with Crippen LogP contribution in [-0.2, 0) is 9.53 Å². The maximum atomic E-state index is 13.3. The number of aliphatic imine (C=N–C) groups is 1. The van der Waals surface area contributed by atoms with Crippen LogP contribution >= 0.6 is 0 Å². The normalized spacial score (nSPS) is 21.5. The van der Waals surface area contributed by atoms with Gasteiger partial charge in [0.05, 0.1) is 0 Å². The van der Waals surface area contributed by atoms with Crippen LogP contribution in [0.1, 0.15) is 56.7 Å². The highest BCUT2D eigenvalue weighted by atomic mass is 16.5. The van der Waals surface area contributed by atoms with Crippen molar-refractivity contribution in [1.82, 2.24) is 0 Å². The second kappa shape index (κ2) is 10.8. The Balaban J connectivity index is 1.90. The van der Waals surface area contributed by atoms with Crippen LogP contribution in [0.25, 0.3) is 0 Å². The first kappa shape index (κ1) is 24.0. The lowest BCUT2D eigenvalue weighted by Gasteiger charge is -2.37. The highest BCUT2D eigenvalue weighted by Crippen LogP contribution is 2.35. The van der Waals surface area contributed by atoms with Crippen LogP contribution in [0.15, 0.2) is 53.5 Å². The van der Waals surface area contributed by atoms with Gasteiger partial charge in [0.25, 0.3) is 0 Å². The van der Waals surface area contributed by atoms with Gasteiger partial charge in [-0.1, -0.05) is 69.7 Å². The van der Waals surface area contributed by atoms with Crippen molar-refractivity contribution in [3.8, 4) is 0 Å². The summed E-state index contributed by atoms with van der Waals surface area (Å²) in [4.78, 5) is 19.9. The summed E-state index contributed by atoms with van der Waals surface area (Å²) in [6.07, 6.45) is 3.28. The molecule has 0 aromatic heterocycles. The van der Waals surface area contributed by atoms with Gasteiger partial charge in [0, 0.05) is 18.3 Å². The van der Waals surface area contributed by atoms with E-state index in [4.69, 9.17) is 4.74 Å². The predicted molar refractivity (Wildman–Crippen MR) is 133 cm³/mol. The number of benzene rings is 2. The molecule has 172 valence electrons. The maximum absolute atomic E-state index is 13.3. The van der Waals surface area contributed by atoms with Gasteiger partial charge in [-0.25, -0.2) is 0 Å². The van der Waals surface area contributed by atoms with E-state index >= 15 is 0 Å². The van der Waals surface area contributed by atoms with E-state index in [0.717, 1.165) is 41.1 Å². The molecule has 3 atom stereocenters. The highest BCUT2D eigenvalue weighted by Gasteiger charge is 2.34. The van der Waals surface area contributed by atoms with Crippen molar-refractivity contribution in [3.05, 3.63) is 65.2 Å². The lowest BCUT2D eigenvalue weighted by molar-refractivity contribution is -0.154. The third kappa shape index (κ3) is 5.59. The molecule has 0 unspecified atom stereocenters. The second-order valence-corrected chi connectivity index (χ2v) is 9.59. The number of hydrogen-bond donors (Lipinski definition) is 0. The number of carbonyl (C=O) groups is 1. The molecule has 1 aliphatic rings. The van der Waals surface area contributed by atoms with E-state index in [1.807, 2.05) is 35.2 Å². The van der Waals surface area contributed by atoms with Gasteiger partial charge in [-0.3, -0.25) is 9.79 Å². The largest absolute Gasteiger partial charge is 0.461 e. The first-order chi connectivity index (χ1) is 15.3. The van der Waals surface area contributed by atoms with Gasteiger partial charge < -0.3 is 9.64 Å². The Kier molecular flexibility index (Phi) is 8.11. The molecule has 0 bridgehead atoms. The van der Waals surface area contributed by atoms with Gasteiger partial charge in [0.15, 0.2) is 0 Å². The van der Waals surface area contributed by atoms with Gasteiger partial charge in [-0.2, -0.15) is 0 Å². The zero-order chi connectivity index (χ0) is 23.3. The average molecular weight is 435 g/mol. The van der Waals surface area contributed by atoms with E-state index in [9.17, 15) is 4.79 Å². The van der Waals surface area contributed by atoms with E-state index in [2.05, 4.69) is 57.8 Å². The summed E-state index contributed by atoms with van der Waals surface area (Å²) in [5.41, 5.74) is 4.23. The van der Waals surface area contributed by atoms with Crippen molar-refractivity contribution in [1.29, 1.82) is 0 Å². The Labute approximate surface area is 193 Å². The van der Waals surface area contributed by atoms with Gasteiger partial charge in [-0.05, 0) is 61.6 Å². The molecule has 0 heterocycles. The number of amidine groups is 1. The number of para-hydroxylation sites is 1. The Morgan fingerprint density at radius 2 is 1.72 bits per heavy atom. The number of nitrogens with zero attached hydrogens (tertiary/aromatic N) is 2. The van der Waals surface area contributed by atoms with E-state index < -0.39 is 0 Å². The van der Waals surface area contributed by atoms with Crippen molar-refractivity contribution in [2.75, 3.05) is 18.5 Å². The summed E-state index contributed by atoms with van der Waals surface area (Å²) in [5, 5.41) is 0. The molecule has 0 amide bonds. The molecule has 1 aliphatic carbocycles. The Morgan fingerprint density at radius 3 is 2.34 bits per heavy atom. The molecule has 1 fully saturated rings. The molecule has 0 radical (unpaired) electrons. The van der Waals surface area contributed by atoms with E-state index in [-0.39, 0.29) is 18.6 Å². The number of esters is 1. The van der Waals surface area contributed by atoms with Crippen molar-refractivity contribution >= 4 is 17.5 Å². The molecule has 0 aliphatic heterocycles. The fourth-order valence-electron chi connectivity index (χ4n) is 4.94. The van der Waals surface area contributed by atoms with Crippen LogP contribution in [0.3, 0.4) is 0 Å². The SMILES string of the molecule is C/N=C(\c1ccccc1C)N(CC(=O)O[C@@H]1C[C@H](C)CC[C@H]1C(C)C)c1ccccc1C. The van der Waals surface area contributed by atoms with Crippen molar-refractivity contribution in [2.24, 2.45) is 22.7 Å². The van der Waals surface area contributed by atoms with Crippen molar-refractivity contribution in [2.45, 2.75) is 60.0 Å². The number of carbonyl (C=O) groups excluding carboxylic acids is 1. The standard InChI is InChI=1S/C28H38N2O2/c1-19(2)23-16-15-20(3)17-26(23)32-27(31)18-30(25-14-10-8-12-22(25)5)28(29-6)24-13-9-7-11-21(24)4/h7-14,19-20,23,26H,15-18H2,1-6H3/b29-28+/t20-,23+,26-/m1/s1. The second-order valence-electron chi connectivity index (χ2n) is 9.59. The molecule has 0 saturated heterocycles. The van der Waals surface area contributed by atoms with Gasteiger partial charge in [0.1, 0.15) is 18.5 Å². The molecule has 4 nitrogen and oxygen atoms in total. The van der Waals surface area contributed by atoms with E-state index in [1.54, 1.807) is 7.05 Å². The summed E-state index contributed by atoms with van der Waals surface area (Å²) in [7, 11) is 1.79. The molecule has 2 aromatic carbocycles. The zero-order valence-electron chi connectivity index (χ0n) is 20.5. The molecule has 32 heavy (non-hydrogen) atoms. The fourth-order valence-corrected chi connectivity index (χ4v) is 4.94. The predicted octanol–water partition coefficient (Wildman–Crippen LogP) is 6.19. The first-order valence-electron chi connectivity index (χ1n) is 11.9. The van der Waals surface area contributed by atoms with Crippen LogP contribution in [-0.4, -0.2) is 31.5 Å². The zero-order valence-corrected chi connectivity index (χ0v) is 20.5. The number of anilines is 1. The van der Waals surface area contributed by atoms with Crippen molar-refractivity contribution < 1.29 is 9.53 Å². The summed E-state index contributed by atoms with van der Waals surface area (Å²) in [6.45, 7) is 11.0. The maximum Gasteiger partial charge on any atom is 0.326 e. The Bertz CT molecular complexity index is 950. The Morgan fingerprint density at radius 1 is 1.06 bits per heavy atom. The molecule has 4 heteroatoms. The number of aryl methyl sites for hydroxylation is 2. The number of rotatable bonds is 6. The average Bonchev–Trinajstić information content (AvgIpc) is 2.75. The molecular weight excluding hydrogens is 396 g/mol. The lowest BCUT2D eigenvalue weighted by Crippen LogP contribution is -2.41. The van der Waals surface area contributed by atoms with Gasteiger partial charge in [0.2, 0.25) is 0 Å². The van der Waals surface area contributed by atoms with E-state index in [0.29, 0.717) is 17.8 Å². The smallest absolute Gasteiger partial charge is 0.326 e. The fraction of sp³-hybridized carbons (Fsp3) is 0.500. The molecular formula is C28H38N2O2. The minimum Gasteiger partial charge on any atom is -0.461 e. The highest BCUT2D eigenvalue weighted by molar-refractivity contribution is 6.12. The van der Waals surface area contributed by atoms with Crippen LogP contribution in [0.2, 0.25) is 0 Å². The molecule has 0 spiro atoms. The lowest BCUT2D eigenvalue weighted by atomic mass is 9.75. The number of ether oxygens (including phenoxy) is 1. The van der Waals surface area contributed by atoms with Gasteiger partial charge in [-0.15, -0.1) is 0 Å².